The highest BCUT2D eigenvalue weighted by Gasteiger charge is 2.26. The molecule has 3 aromatic rings. The van der Waals surface area contributed by atoms with E-state index in [4.69, 9.17) is 11.6 Å². The van der Waals surface area contributed by atoms with Gasteiger partial charge in [0.15, 0.2) is 0 Å². The number of nitrogens with one attached hydrogen (secondary N) is 1. The molecule has 7 nitrogen and oxygen atoms in total. The summed E-state index contributed by atoms with van der Waals surface area (Å²) in [6.45, 7) is 7.56. The third kappa shape index (κ3) is 4.81. The summed E-state index contributed by atoms with van der Waals surface area (Å²) in [5, 5.41) is 7.26. The molecule has 0 saturated heterocycles. The maximum atomic E-state index is 13.4. The molecule has 1 aromatic heterocycles. The second kappa shape index (κ2) is 9.36. The van der Waals surface area contributed by atoms with Crippen molar-refractivity contribution in [2.24, 2.45) is 0 Å². The minimum Gasteiger partial charge on any atom is -0.307 e. The fourth-order valence-corrected chi connectivity index (χ4v) is 4.82. The van der Waals surface area contributed by atoms with E-state index in [0.717, 1.165) is 4.31 Å². The molecule has 0 bridgehead atoms. The summed E-state index contributed by atoms with van der Waals surface area (Å²) in [6, 6.07) is 14.3. The molecule has 0 fully saturated rings. The highest BCUT2D eigenvalue weighted by atomic mass is 35.5. The first-order valence-electron chi connectivity index (χ1n) is 9.58. The molecule has 0 radical (unpaired) electrons. The minimum absolute atomic E-state index is 0.0239. The van der Waals surface area contributed by atoms with Crippen molar-refractivity contribution in [3.63, 3.8) is 0 Å². The zero-order valence-corrected chi connectivity index (χ0v) is 18.8. The number of carbonyl (C=O) groups excluding carboxylic acids is 1. The van der Waals surface area contributed by atoms with Crippen LogP contribution in [-0.2, 0) is 10.0 Å². The molecule has 1 heterocycles. The summed E-state index contributed by atoms with van der Waals surface area (Å²) in [5.41, 5.74) is 0.537. The Morgan fingerprint density at radius 1 is 1.23 bits per heavy atom. The SMILES string of the molecule is C=CCN(c1ccccc1Cl)S(=O)(=O)c1cccc(C(=O)Nc2ccnn2C(C)C)c1. The highest BCUT2D eigenvalue weighted by Crippen LogP contribution is 2.30. The van der Waals surface area contributed by atoms with Crippen molar-refractivity contribution in [2.75, 3.05) is 16.2 Å². The molecule has 0 aliphatic rings. The van der Waals surface area contributed by atoms with Crippen molar-refractivity contribution in [2.45, 2.75) is 24.8 Å². The molecule has 31 heavy (non-hydrogen) atoms. The predicted octanol–water partition coefficient (Wildman–Crippen LogP) is 4.75. The van der Waals surface area contributed by atoms with E-state index in [-0.39, 0.29) is 23.0 Å². The lowest BCUT2D eigenvalue weighted by Gasteiger charge is -2.24. The van der Waals surface area contributed by atoms with Crippen LogP contribution < -0.4 is 9.62 Å². The van der Waals surface area contributed by atoms with Gasteiger partial charge in [0.05, 0.1) is 28.3 Å². The second-order valence-electron chi connectivity index (χ2n) is 7.01. The van der Waals surface area contributed by atoms with Crippen LogP contribution in [0.5, 0.6) is 0 Å². The van der Waals surface area contributed by atoms with Gasteiger partial charge in [0.1, 0.15) is 5.82 Å². The summed E-state index contributed by atoms with van der Waals surface area (Å²) in [5.74, 6) is 0.0880. The Morgan fingerprint density at radius 3 is 2.65 bits per heavy atom. The molecular weight excluding hydrogens is 436 g/mol. The Balaban J connectivity index is 1.95. The number of rotatable bonds is 8. The molecule has 1 amide bonds. The summed E-state index contributed by atoms with van der Waals surface area (Å²) < 4.78 is 29.6. The average Bonchev–Trinajstić information content (AvgIpc) is 3.21. The standard InChI is InChI=1S/C22H23ClN4O3S/c1-4-14-26(20-11-6-5-10-19(20)23)31(29,30)18-9-7-8-17(15-18)22(28)25-21-12-13-24-27(21)16(2)3/h4-13,15-16H,1,14H2,2-3H3,(H,25,28). The smallest absolute Gasteiger partial charge is 0.264 e. The number of benzene rings is 2. The number of hydrogen-bond donors (Lipinski definition) is 1. The molecule has 0 saturated carbocycles. The van der Waals surface area contributed by atoms with Gasteiger partial charge in [-0.15, -0.1) is 6.58 Å². The van der Waals surface area contributed by atoms with E-state index < -0.39 is 15.9 Å². The fourth-order valence-electron chi connectivity index (χ4n) is 3.04. The lowest BCUT2D eigenvalue weighted by Crippen LogP contribution is -2.31. The quantitative estimate of drug-likeness (QED) is 0.493. The number of halogens is 1. The number of carbonyl (C=O) groups is 1. The van der Waals surface area contributed by atoms with Gasteiger partial charge in [-0.25, -0.2) is 13.1 Å². The summed E-state index contributed by atoms with van der Waals surface area (Å²) in [4.78, 5) is 12.8. The molecule has 0 aliphatic carbocycles. The van der Waals surface area contributed by atoms with Gasteiger partial charge in [-0.05, 0) is 44.2 Å². The molecule has 1 N–H and O–H groups in total. The number of sulfonamides is 1. The van der Waals surface area contributed by atoms with E-state index in [0.29, 0.717) is 16.5 Å². The average molecular weight is 459 g/mol. The van der Waals surface area contributed by atoms with E-state index in [1.807, 2.05) is 13.8 Å². The summed E-state index contributed by atoms with van der Waals surface area (Å²) >= 11 is 6.24. The monoisotopic (exact) mass is 458 g/mol. The Kier molecular flexibility index (Phi) is 6.82. The second-order valence-corrected chi connectivity index (χ2v) is 9.28. The first-order valence-corrected chi connectivity index (χ1v) is 11.4. The van der Waals surface area contributed by atoms with Crippen LogP contribution in [0.15, 0.2) is 78.3 Å². The van der Waals surface area contributed by atoms with Crippen LogP contribution in [0, 0.1) is 0 Å². The van der Waals surface area contributed by atoms with Gasteiger partial charge >= 0.3 is 0 Å². The van der Waals surface area contributed by atoms with E-state index in [1.54, 1.807) is 47.3 Å². The van der Waals surface area contributed by atoms with Gasteiger partial charge in [0, 0.05) is 17.7 Å². The summed E-state index contributed by atoms with van der Waals surface area (Å²) in [7, 11) is -4.00. The first-order chi connectivity index (χ1) is 14.8. The molecule has 0 atom stereocenters. The van der Waals surface area contributed by atoms with Crippen LogP contribution in [0.1, 0.15) is 30.2 Å². The van der Waals surface area contributed by atoms with E-state index in [9.17, 15) is 13.2 Å². The third-order valence-corrected chi connectivity index (χ3v) is 6.60. The van der Waals surface area contributed by atoms with Gasteiger partial charge < -0.3 is 5.32 Å². The van der Waals surface area contributed by atoms with E-state index in [2.05, 4.69) is 17.0 Å². The largest absolute Gasteiger partial charge is 0.307 e. The van der Waals surface area contributed by atoms with Gasteiger partial charge in [-0.2, -0.15) is 5.10 Å². The molecule has 3 rings (SSSR count). The van der Waals surface area contributed by atoms with Crippen molar-refractivity contribution >= 4 is 39.0 Å². The van der Waals surface area contributed by atoms with Crippen molar-refractivity contribution in [3.05, 3.63) is 84.0 Å². The highest BCUT2D eigenvalue weighted by molar-refractivity contribution is 7.92. The molecule has 0 unspecified atom stereocenters. The van der Waals surface area contributed by atoms with Crippen LogP contribution in [-0.4, -0.2) is 30.7 Å². The Labute approximate surface area is 187 Å². The fraction of sp³-hybridized carbons (Fsp3) is 0.182. The van der Waals surface area contributed by atoms with Crippen molar-refractivity contribution < 1.29 is 13.2 Å². The van der Waals surface area contributed by atoms with Crippen LogP contribution in [0.25, 0.3) is 0 Å². The molecule has 162 valence electrons. The molecule has 0 aliphatic heterocycles. The van der Waals surface area contributed by atoms with Crippen molar-refractivity contribution in [1.29, 1.82) is 0 Å². The molecule has 0 spiro atoms. The van der Waals surface area contributed by atoms with Crippen LogP contribution in [0.3, 0.4) is 0 Å². The van der Waals surface area contributed by atoms with Gasteiger partial charge in [-0.1, -0.05) is 35.9 Å². The van der Waals surface area contributed by atoms with Crippen LogP contribution >= 0.6 is 11.6 Å². The molecular formula is C22H23ClN4O3S. The Hall–Kier alpha value is -3.10. The lowest BCUT2D eigenvalue weighted by atomic mass is 10.2. The third-order valence-electron chi connectivity index (χ3n) is 4.50. The maximum absolute atomic E-state index is 13.4. The normalized spacial score (nSPS) is 11.4. The maximum Gasteiger partial charge on any atom is 0.264 e. The number of anilines is 2. The zero-order valence-electron chi connectivity index (χ0n) is 17.2. The Morgan fingerprint density at radius 2 is 1.97 bits per heavy atom. The van der Waals surface area contributed by atoms with Crippen LogP contribution in [0.4, 0.5) is 11.5 Å². The van der Waals surface area contributed by atoms with Gasteiger partial charge in [-0.3, -0.25) is 9.10 Å². The van der Waals surface area contributed by atoms with E-state index >= 15 is 0 Å². The van der Waals surface area contributed by atoms with Gasteiger partial charge in [0.2, 0.25) is 0 Å². The van der Waals surface area contributed by atoms with Crippen molar-refractivity contribution in [3.8, 4) is 0 Å². The number of nitrogens with zero attached hydrogens (tertiary/aromatic N) is 3. The summed E-state index contributed by atoms with van der Waals surface area (Å²) in [6.07, 6.45) is 3.07. The number of para-hydroxylation sites is 1. The molecule has 9 heteroatoms. The zero-order chi connectivity index (χ0) is 22.6. The topological polar surface area (TPSA) is 84.3 Å². The lowest BCUT2D eigenvalue weighted by molar-refractivity contribution is 0.102. The number of aromatic nitrogens is 2. The van der Waals surface area contributed by atoms with Gasteiger partial charge in [0.25, 0.3) is 15.9 Å². The number of amides is 1. The Bertz CT molecular complexity index is 1200. The van der Waals surface area contributed by atoms with Crippen molar-refractivity contribution in [1.82, 2.24) is 9.78 Å². The van der Waals surface area contributed by atoms with Crippen LogP contribution in [0.2, 0.25) is 5.02 Å². The minimum atomic E-state index is -4.00. The molecule has 2 aromatic carbocycles. The van der Waals surface area contributed by atoms with E-state index in [1.165, 1.54) is 24.3 Å². The number of hydrogen-bond acceptors (Lipinski definition) is 4. The first kappa shape index (κ1) is 22.6. The predicted molar refractivity (Wildman–Crippen MR) is 123 cm³/mol.